The number of hydrogen-bond acceptors (Lipinski definition) is 3. The molecule has 1 aromatic rings. The van der Waals surface area contributed by atoms with Crippen LogP contribution in [-0.2, 0) is 9.59 Å². The van der Waals surface area contributed by atoms with E-state index < -0.39 is 0 Å². The van der Waals surface area contributed by atoms with Crippen LogP contribution in [0.4, 0.5) is 0 Å². The Kier molecular flexibility index (Phi) is 3.70. The highest BCUT2D eigenvalue weighted by Crippen LogP contribution is 2.72. The van der Waals surface area contributed by atoms with Gasteiger partial charge in [-0.15, -0.1) is 0 Å². The molecule has 0 N–H and O–H groups in total. The van der Waals surface area contributed by atoms with Gasteiger partial charge >= 0.3 is 0 Å². The highest BCUT2D eigenvalue weighted by molar-refractivity contribution is 6.00. The maximum absolute atomic E-state index is 13.2. The zero-order chi connectivity index (χ0) is 20.8. The van der Waals surface area contributed by atoms with Crippen molar-refractivity contribution in [2.24, 2.45) is 33.5 Å². The summed E-state index contributed by atoms with van der Waals surface area (Å²) in [5, 5.41) is 0. The Bertz CT molecular complexity index is 949. The van der Waals surface area contributed by atoms with Crippen LogP contribution in [0.25, 0.3) is 0 Å². The molecule has 2 fully saturated rings. The number of carbonyl (C=O) groups excluding carboxylic acids is 2. The van der Waals surface area contributed by atoms with Gasteiger partial charge in [0, 0.05) is 16.4 Å². The molecule has 1 aromatic heterocycles. The van der Waals surface area contributed by atoms with Crippen LogP contribution in [0.1, 0.15) is 71.8 Å². The summed E-state index contributed by atoms with van der Waals surface area (Å²) in [6.45, 7) is 11.3. The lowest BCUT2D eigenvalue weighted by molar-refractivity contribution is -0.139. The predicted molar refractivity (Wildman–Crippen MR) is 112 cm³/mol. The van der Waals surface area contributed by atoms with Crippen molar-refractivity contribution < 1.29 is 14.0 Å². The number of fused-ring (bicyclic) bond motifs is 5. The molecular weight excluding hydrogens is 360 g/mol. The second-order valence-electron chi connectivity index (χ2n) is 11.3. The molecule has 3 nitrogen and oxygen atoms in total. The lowest BCUT2D eigenvalue weighted by atomic mass is 9.39. The number of ketones is 2. The van der Waals surface area contributed by atoms with Crippen LogP contribution in [0, 0.1) is 33.5 Å². The van der Waals surface area contributed by atoms with Crippen LogP contribution < -0.4 is 0 Å². The third-order valence-electron chi connectivity index (χ3n) is 9.59. The van der Waals surface area contributed by atoms with E-state index in [0.29, 0.717) is 11.8 Å². The lowest BCUT2D eigenvalue weighted by Gasteiger charge is -2.64. The Hall–Kier alpha value is -1.90. The van der Waals surface area contributed by atoms with Crippen LogP contribution >= 0.6 is 0 Å². The Morgan fingerprint density at radius 1 is 0.966 bits per heavy atom. The van der Waals surface area contributed by atoms with E-state index in [0.717, 1.165) is 31.2 Å². The van der Waals surface area contributed by atoms with Gasteiger partial charge in [-0.3, -0.25) is 9.59 Å². The van der Waals surface area contributed by atoms with Crippen LogP contribution in [0.3, 0.4) is 0 Å². The van der Waals surface area contributed by atoms with Gasteiger partial charge in [0.25, 0.3) is 0 Å². The van der Waals surface area contributed by atoms with E-state index in [1.54, 1.807) is 12.5 Å². The second-order valence-corrected chi connectivity index (χ2v) is 11.3. The van der Waals surface area contributed by atoms with Crippen molar-refractivity contribution in [2.45, 2.75) is 66.2 Å². The fraction of sp³-hybridized carbons (Fsp3) is 0.615. The average Bonchev–Trinajstić information content (AvgIpc) is 3.24. The van der Waals surface area contributed by atoms with Gasteiger partial charge < -0.3 is 4.42 Å². The van der Waals surface area contributed by atoms with Crippen molar-refractivity contribution in [1.29, 1.82) is 0 Å². The van der Waals surface area contributed by atoms with Gasteiger partial charge in [0.1, 0.15) is 0 Å². The Morgan fingerprint density at radius 3 is 2.34 bits per heavy atom. The van der Waals surface area contributed by atoms with Crippen LogP contribution in [0.2, 0.25) is 0 Å². The number of rotatable bonds is 1. The first-order valence-electron chi connectivity index (χ1n) is 11.1. The molecular formula is C26H32O3. The highest BCUT2D eigenvalue weighted by atomic mass is 16.3. The van der Waals surface area contributed by atoms with Gasteiger partial charge in [0.2, 0.25) is 0 Å². The fourth-order valence-corrected chi connectivity index (χ4v) is 8.19. The zero-order valence-electron chi connectivity index (χ0n) is 18.2. The predicted octanol–water partition coefficient (Wildman–Crippen LogP) is 5.88. The molecule has 0 radical (unpaired) electrons. The quantitative estimate of drug-likeness (QED) is 0.600. The number of carbonyl (C=O) groups is 2. The van der Waals surface area contributed by atoms with Gasteiger partial charge in [-0.1, -0.05) is 46.3 Å². The molecule has 0 bridgehead atoms. The van der Waals surface area contributed by atoms with Gasteiger partial charge in [-0.05, 0) is 66.6 Å². The molecule has 6 atom stereocenters. The summed E-state index contributed by atoms with van der Waals surface area (Å²) in [6, 6.07) is 1.95. The first-order valence-corrected chi connectivity index (χ1v) is 11.1. The monoisotopic (exact) mass is 392 g/mol. The van der Waals surface area contributed by atoms with Crippen molar-refractivity contribution in [3.05, 3.63) is 48.0 Å². The highest BCUT2D eigenvalue weighted by Gasteiger charge is 2.65. The largest absolute Gasteiger partial charge is 0.472 e. The van der Waals surface area contributed by atoms with Crippen LogP contribution in [-0.4, -0.2) is 11.6 Å². The molecule has 4 unspecified atom stereocenters. The third-order valence-corrected chi connectivity index (χ3v) is 9.59. The summed E-state index contributed by atoms with van der Waals surface area (Å²) in [5.41, 5.74) is 1.88. The van der Waals surface area contributed by atoms with Crippen molar-refractivity contribution in [3.8, 4) is 0 Å². The molecule has 0 amide bonds. The molecule has 2 saturated carbocycles. The average molecular weight is 393 g/mol. The van der Waals surface area contributed by atoms with Gasteiger partial charge in [-0.2, -0.15) is 0 Å². The Morgan fingerprint density at radius 2 is 1.66 bits per heavy atom. The minimum atomic E-state index is -0.315. The minimum absolute atomic E-state index is 0.00674. The van der Waals surface area contributed by atoms with E-state index >= 15 is 0 Å². The van der Waals surface area contributed by atoms with Crippen molar-refractivity contribution in [3.63, 3.8) is 0 Å². The topological polar surface area (TPSA) is 47.3 Å². The summed E-state index contributed by atoms with van der Waals surface area (Å²) in [7, 11) is 0. The van der Waals surface area contributed by atoms with E-state index in [9.17, 15) is 9.59 Å². The second kappa shape index (κ2) is 5.62. The maximum atomic E-state index is 13.2. The SMILES string of the molecule is CC1(C)C(=O)C=C[C@@]2(C)C1CC[C@@]1(C)C3=CC(=O)C(c4ccoc4)C3(C)CCC21. The van der Waals surface area contributed by atoms with E-state index in [1.807, 2.05) is 18.2 Å². The molecule has 154 valence electrons. The van der Waals surface area contributed by atoms with Crippen molar-refractivity contribution in [1.82, 2.24) is 0 Å². The van der Waals surface area contributed by atoms with E-state index in [-0.39, 0.29) is 39.1 Å². The lowest BCUT2D eigenvalue weighted by Crippen LogP contribution is -2.58. The summed E-state index contributed by atoms with van der Waals surface area (Å²) in [6.07, 6.45) is 13.7. The zero-order valence-corrected chi connectivity index (χ0v) is 18.2. The van der Waals surface area contributed by atoms with Crippen LogP contribution in [0.5, 0.6) is 0 Å². The van der Waals surface area contributed by atoms with Gasteiger partial charge in [0.05, 0.1) is 18.4 Å². The van der Waals surface area contributed by atoms with Crippen LogP contribution in [0.15, 0.2) is 46.8 Å². The Labute approximate surface area is 173 Å². The molecule has 29 heavy (non-hydrogen) atoms. The minimum Gasteiger partial charge on any atom is -0.472 e. The van der Waals surface area contributed by atoms with Gasteiger partial charge in [0.15, 0.2) is 11.6 Å². The maximum Gasteiger partial charge on any atom is 0.164 e. The molecule has 0 aromatic carbocycles. The summed E-state index contributed by atoms with van der Waals surface area (Å²) < 4.78 is 5.33. The molecule has 0 aliphatic heterocycles. The molecule has 0 spiro atoms. The van der Waals surface area contributed by atoms with Gasteiger partial charge in [-0.25, -0.2) is 0 Å². The molecule has 3 heteroatoms. The summed E-state index contributed by atoms with van der Waals surface area (Å²) in [4.78, 5) is 25.8. The summed E-state index contributed by atoms with van der Waals surface area (Å²) >= 11 is 0. The number of allylic oxidation sites excluding steroid dienone is 4. The standard InChI is InChI=1S/C26H32O3/c1-23(2)18-6-10-25(4)19(24(18,3)12-8-21(23)28)7-11-26(5)20(25)14-17(27)22(26)16-9-13-29-15-16/h8-9,12-15,18-19,22H,6-7,10-11H2,1-5H3/t18?,19?,22?,24-,25+,26?/m0/s1. The first kappa shape index (κ1) is 19.1. The molecule has 0 saturated heterocycles. The fourth-order valence-electron chi connectivity index (χ4n) is 8.19. The molecule has 1 heterocycles. The van der Waals surface area contributed by atoms with Crippen molar-refractivity contribution in [2.75, 3.05) is 0 Å². The molecule has 4 aliphatic rings. The van der Waals surface area contributed by atoms with E-state index in [4.69, 9.17) is 4.42 Å². The third kappa shape index (κ3) is 2.20. The molecule has 4 aliphatic carbocycles. The number of hydrogen-bond donors (Lipinski definition) is 0. The smallest absolute Gasteiger partial charge is 0.164 e. The van der Waals surface area contributed by atoms with E-state index in [1.165, 1.54) is 5.57 Å². The number of furan rings is 1. The normalized spacial score (nSPS) is 45.4. The first-order chi connectivity index (χ1) is 13.5. The van der Waals surface area contributed by atoms with Crippen molar-refractivity contribution >= 4 is 11.6 Å². The Balaban J connectivity index is 1.60. The molecule has 5 rings (SSSR count). The van der Waals surface area contributed by atoms with E-state index in [2.05, 4.69) is 40.7 Å². The summed E-state index contributed by atoms with van der Waals surface area (Å²) in [5.74, 6) is 1.18.